The Morgan fingerprint density at radius 2 is 2.17 bits per heavy atom. The Balaban J connectivity index is 2.96. The van der Waals surface area contributed by atoms with Crippen molar-refractivity contribution in [1.29, 1.82) is 0 Å². The number of aromatic nitrogens is 1. The van der Waals surface area contributed by atoms with Gasteiger partial charge in [-0.3, -0.25) is 4.98 Å². The molecule has 4 heteroatoms. The highest BCUT2D eigenvalue weighted by atomic mass is 19.3. The maximum atomic E-state index is 12.1. The maximum Gasteiger partial charge on any atom is 0.263 e. The molecule has 0 fully saturated rings. The summed E-state index contributed by atoms with van der Waals surface area (Å²) in [7, 11) is 0. The van der Waals surface area contributed by atoms with E-state index in [1.165, 1.54) is 18.3 Å². The number of pyridine rings is 1. The smallest absolute Gasteiger partial charge is 0.263 e. The van der Waals surface area contributed by atoms with Crippen LogP contribution in [-0.2, 0) is 0 Å². The summed E-state index contributed by atoms with van der Waals surface area (Å²) in [5, 5.41) is 0. The van der Waals surface area contributed by atoms with Crippen molar-refractivity contribution in [2.24, 2.45) is 5.73 Å². The molecule has 1 aromatic rings. The molecule has 1 rings (SSSR count). The van der Waals surface area contributed by atoms with Crippen LogP contribution in [0.1, 0.15) is 30.6 Å². The highest BCUT2D eigenvalue weighted by molar-refractivity contribution is 5.19. The number of hydrogen-bond acceptors (Lipinski definition) is 2. The molecule has 1 heterocycles. The summed E-state index contributed by atoms with van der Waals surface area (Å²) in [6.07, 6.45) is -1.11. The van der Waals surface area contributed by atoms with E-state index in [9.17, 15) is 8.78 Å². The van der Waals surface area contributed by atoms with Gasteiger partial charge in [-0.25, -0.2) is 8.78 Å². The van der Waals surface area contributed by atoms with Crippen molar-refractivity contribution in [3.05, 3.63) is 29.6 Å². The van der Waals surface area contributed by atoms with Gasteiger partial charge in [0.2, 0.25) is 0 Å². The summed E-state index contributed by atoms with van der Waals surface area (Å²) in [6.45, 7) is 1.71. The Labute approximate surface area is 69.4 Å². The quantitative estimate of drug-likeness (QED) is 0.741. The van der Waals surface area contributed by atoms with Crippen molar-refractivity contribution in [3.8, 4) is 0 Å². The van der Waals surface area contributed by atoms with Gasteiger partial charge < -0.3 is 5.73 Å². The van der Waals surface area contributed by atoms with E-state index in [1.807, 2.05) is 0 Å². The third-order valence-electron chi connectivity index (χ3n) is 1.52. The van der Waals surface area contributed by atoms with Crippen molar-refractivity contribution in [3.63, 3.8) is 0 Å². The van der Waals surface area contributed by atoms with E-state index < -0.39 is 6.43 Å². The Kier molecular flexibility index (Phi) is 2.70. The first kappa shape index (κ1) is 9.06. The molecule has 0 radical (unpaired) electrons. The largest absolute Gasteiger partial charge is 0.323 e. The number of halogens is 2. The van der Waals surface area contributed by atoms with Gasteiger partial charge in [-0.2, -0.15) is 0 Å². The highest BCUT2D eigenvalue weighted by Gasteiger charge is 2.09. The zero-order chi connectivity index (χ0) is 9.14. The van der Waals surface area contributed by atoms with Crippen molar-refractivity contribution in [1.82, 2.24) is 4.98 Å². The number of alkyl halides is 2. The van der Waals surface area contributed by atoms with Gasteiger partial charge in [0.05, 0.1) is 5.69 Å². The van der Waals surface area contributed by atoms with Gasteiger partial charge in [0.1, 0.15) is 0 Å². The summed E-state index contributed by atoms with van der Waals surface area (Å²) >= 11 is 0. The van der Waals surface area contributed by atoms with Crippen LogP contribution in [0.15, 0.2) is 18.3 Å². The fourth-order valence-corrected chi connectivity index (χ4v) is 0.850. The lowest BCUT2D eigenvalue weighted by Gasteiger charge is -2.05. The molecular weight excluding hydrogens is 162 g/mol. The fourth-order valence-electron chi connectivity index (χ4n) is 0.850. The van der Waals surface area contributed by atoms with Gasteiger partial charge in [0.15, 0.2) is 0 Å². The number of nitrogens with two attached hydrogens (primary N) is 1. The summed E-state index contributed by atoms with van der Waals surface area (Å²) in [5.41, 5.74) is 5.94. The second-order valence-corrected chi connectivity index (χ2v) is 2.60. The van der Waals surface area contributed by atoms with Crippen LogP contribution in [0.3, 0.4) is 0 Å². The second-order valence-electron chi connectivity index (χ2n) is 2.60. The van der Waals surface area contributed by atoms with E-state index >= 15 is 0 Å². The molecule has 0 amide bonds. The monoisotopic (exact) mass is 172 g/mol. The third-order valence-corrected chi connectivity index (χ3v) is 1.52. The van der Waals surface area contributed by atoms with Crippen LogP contribution in [-0.4, -0.2) is 4.98 Å². The lowest BCUT2D eigenvalue weighted by atomic mass is 10.1. The molecule has 66 valence electrons. The predicted molar refractivity (Wildman–Crippen MR) is 41.8 cm³/mol. The molecule has 0 saturated carbocycles. The van der Waals surface area contributed by atoms with Gasteiger partial charge in [-0.05, 0) is 19.1 Å². The van der Waals surface area contributed by atoms with Crippen molar-refractivity contribution < 1.29 is 8.78 Å². The lowest BCUT2D eigenvalue weighted by Crippen LogP contribution is -2.07. The van der Waals surface area contributed by atoms with Crippen LogP contribution in [0.2, 0.25) is 0 Å². The molecule has 0 saturated heterocycles. The molecular formula is C8H10F2N2. The molecule has 0 aliphatic carbocycles. The fraction of sp³-hybridized carbons (Fsp3) is 0.375. The Hall–Kier alpha value is -1.03. The average Bonchev–Trinajstić information content (AvgIpc) is 2.04. The second kappa shape index (κ2) is 3.58. The molecule has 2 nitrogen and oxygen atoms in total. The van der Waals surface area contributed by atoms with Crippen LogP contribution in [0.5, 0.6) is 0 Å². The van der Waals surface area contributed by atoms with Crippen LogP contribution in [0, 0.1) is 0 Å². The lowest BCUT2D eigenvalue weighted by molar-refractivity contribution is 0.151. The number of rotatable bonds is 2. The zero-order valence-corrected chi connectivity index (χ0v) is 6.67. The average molecular weight is 172 g/mol. The SMILES string of the molecule is C[C@H](N)c1cc(C(F)F)ccn1. The van der Waals surface area contributed by atoms with E-state index in [2.05, 4.69) is 4.98 Å². The molecule has 0 aliphatic rings. The molecule has 0 bridgehead atoms. The standard InChI is InChI=1S/C8H10F2N2/c1-5(11)7-4-6(8(9)10)2-3-12-7/h2-5,8H,11H2,1H3/t5-/m0/s1. The molecule has 0 aromatic carbocycles. The molecule has 0 unspecified atom stereocenters. The van der Waals surface area contributed by atoms with E-state index in [0.717, 1.165) is 0 Å². The van der Waals surface area contributed by atoms with E-state index in [-0.39, 0.29) is 11.6 Å². The topological polar surface area (TPSA) is 38.9 Å². The maximum absolute atomic E-state index is 12.1. The van der Waals surface area contributed by atoms with E-state index in [4.69, 9.17) is 5.73 Å². The minimum atomic E-state index is -2.45. The molecule has 0 spiro atoms. The Morgan fingerprint density at radius 1 is 1.50 bits per heavy atom. The highest BCUT2D eigenvalue weighted by Crippen LogP contribution is 2.19. The Bertz CT molecular complexity index is 238. The van der Waals surface area contributed by atoms with Crippen molar-refractivity contribution in [2.45, 2.75) is 19.4 Å². The van der Waals surface area contributed by atoms with Gasteiger partial charge >= 0.3 is 0 Å². The van der Waals surface area contributed by atoms with Crippen molar-refractivity contribution in [2.75, 3.05) is 0 Å². The summed E-state index contributed by atoms with van der Waals surface area (Å²) < 4.78 is 24.3. The first-order valence-electron chi connectivity index (χ1n) is 3.61. The third kappa shape index (κ3) is 1.98. The van der Waals surface area contributed by atoms with Crippen LogP contribution in [0.25, 0.3) is 0 Å². The van der Waals surface area contributed by atoms with Crippen LogP contribution in [0.4, 0.5) is 8.78 Å². The van der Waals surface area contributed by atoms with Crippen LogP contribution >= 0.6 is 0 Å². The van der Waals surface area contributed by atoms with E-state index in [0.29, 0.717) is 5.69 Å². The van der Waals surface area contributed by atoms with Gasteiger partial charge in [0.25, 0.3) is 6.43 Å². The van der Waals surface area contributed by atoms with E-state index in [1.54, 1.807) is 6.92 Å². The number of hydrogen-bond donors (Lipinski definition) is 1. The van der Waals surface area contributed by atoms with Crippen LogP contribution < -0.4 is 5.73 Å². The molecule has 0 aliphatic heterocycles. The van der Waals surface area contributed by atoms with Gasteiger partial charge in [-0.15, -0.1) is 0 Å². The Morgan fingerprint density at radius 3 is 2.67 bits per heavy atom. The summed E-state index contributed by atoms with van der Waals surface area (Å²) in [6, 6.07) is 2.31. The molecule has 1 atom stereocenters. The molecule has 2 N–H and O–H groups in total. The molecule has 1 aromatic heterocycles. The minimum Gasteiger partial charge on any atom is -0.323 e. The van der Waals surface area contributed by atoms with Crippen molar-refractivity contribution >= 4 is 0 Å². The predicted octanol–water partition coefficient (Wildman–Crippen LogP) is 2.04. The number of nitrogens with zero attached hydrogens (tertiary/aromatic N) is 1. The zero-order valence-electron chi connectivity index (χ0n) is 6.67. The van der Waals surface area contributed by atoms with Gasteiger partial charge in [-0.1, -0.05) is 0 Å². The summed E-state index contributed by atoms with van der Waals surface area (Å²) in [5.74, 6) is 0. The first-order valence-corrected chi connectivity index (χ1v) is 3.61. The summed E-state index contributed by atoms with van der Waals surface area (Å²) in [4.78, 5) is 3.86. The molecule has 12 heavy (non-hydrogen) atoms. The normalized spacial score (nSPS) is 13.4. The first-order chi connectivity index (χ1) is 5.61. The minimum absolute atomic E-state index is 0.0303. The van der Waals surface area contributed by atoms with Gasteiger partial charge in [0, 0.05) is 17.8 Å².